The van der Waals surface area contributed by atoms with Crippen LogP contribution in [0.3, 0.4) is 0 Å². The van der Waals surface area contributed by atoms with E-state index in [2.05, 4.69) is 30.2 Å². The number of likely N-dealkylation sites (tertiary alicyclic amines) is 1. The Morgan fingerprint density at radius 1 is 1.11 bits per heavy atom. The van der Waals surface area contributed by atoms with Crippen LogP contribution in [0, 0.1) is 0 Å². The maximum atomic E-state index is 12.4. The molecule has 0 aliphatic carbocycles. The third-order valence-electron chi connectivity index (χ3n) is 5.16. The summed E-state index contributed by atoms with van der Waals surface area (Å²) in [5, 5.41) is 7.43. The maximum absolute atomic E-state index is 12.4. The van der Waals surface area contributed by atoms with Crippen LogP contribution in [0.2, 0.25) is 0 Å². The third-order valence-corrected chi connectivity index (χ3v) is 5.16. The number of halogens is 1. The molecule has 0 atom stereocenters. The van der Waals surface area contributed by atoms with Crippen LogP contribution in [0.25, 0.3) is 0 Å². The summed E-state index contributed by atoms with van der Waals surface area (Å²) in [4.78, 5) is 27.5. The van der Waals surface area contributed by atoms with Gasteiger partial charge in [-0.15, -0.1) is 24.0 Å². The van der Waals surface area contributed by atoms with Crippen LogP contribution in [-0.2, 0) is 18.4 Å². The van der Waals surface area contributed by atoms with Crippen molar-refractivity contribution in [2.45, 2.75) is 25.8 Å². The van der Waals surface area contributed by atoms with E-state index in [1.54, 1.807) is 18.1 Å². The summed E-state index contributed by atoms with van der Waals surface area (Å²) >= 11 is 0. The number of rotatable bonds is 4. The van der Waals surface area contributed by atoms with E-state index in [-0.39, 0.29) is 29.9 Å². The van der Waals surface area contributed by atoms with Crippen LogP contribution in [-0.4, -0.2) is 94.2 Å². The first kappa shape index (κ1) is 21.9. The summed E-state index contributed by atoms with van der Waals surface area (Å²) in [6, 6.07) is 0. The number of carbonyl (C=O) groups is 1. The molecule has 0 radical (unpaired) electrons. The summed E-state index contributed by atoms with van der Waals surface area (Å²) in [7, 11) is 3.68. The molecule has 27 heavy (non-hydrogen) atoms. The lowest BCUT2D eigenvalue weighted by Crippen LogP contribution is -2.54. The van der Waals surface area contributed by atoms with Crippen molar-refractivity contribution in [1.29, 1.82) is 0 Å². The molecule has 0 aromatic carbocycles. The average Bonchev–Trinajstić information content (AvgIpc) is 3.09. The second-order valence-electron chi connectivity index (χ2n) is 6.91. The minimum Gasteiger partial charge on any atom is -0.349 e. The number of piperidine rings is 1. The lowest BCUT2D eigenvalue weighted by atomic mass is 10.1. The molecule has 1 N–H and O–H groups in total. The van der Waals surface area contributed by atoms with Crippen molar-refractivity contribution in [3.63, 3.8) is 0 Å². The number of nitrogens with zero attached hydrogens (tertiary/aromatic N) is 7. The van der Waals surface area contributed by atoms with Gasteiger partial charge in [-0.05, 0) is 19.3 Å². The van der Waals surface area contributed by atoms with E-state index < -0.39 is 0 Å². The van der Waals surface area contributed by atoms with Crippen molar-refractivity contribution in [2.24, 2.45) is 12.0 Å². The van der Waals surface area contributed by atoms with Gasteiger partial charge < -0.3 is 15.1 Å². The number of amides is 1. The highest BCUT2D eigenvalue weighted by Gasteiger charge is 2.24. The first-order chi connectivity index (χ1) is 12.7. The second-order valence-corrected chi connectivity index (χ2v) is 6.91. The molecular weight excluding hydrogens is 459 g/mol. The molecule has 1 amide bonds. The maximum Gasteiger partial charge on any atom is 0.236 e. The zero-order chi connectivity index (χ0) is 18.4. The zero-order valence-electron chi connectivity index (χ0n) is 16.3. The predicted molar refractivity (Wildman–Crippen MR) is 115 cm³/mol. The van der Waals surface area contributed by atoms with Gasteiger partial charge in [0.2, 0.25) is 5.91 Å². The van der Waals surface area contributed by atoms with Crippen LogP contribution in [0.1, 0.15) is 25.1 Å². The number of aromatic nitrogens is 3. The van der Waals surface area contributed by atoms with Crippen LogP contribution < -0.4 is 5.32 Å². The second kappa shape index (κ2) is 10.8. The first-order valence-electron chi connectivity index (χ1n) is 9.46. The van der Waals surface area contributed by atoms with Crippen LogP contribution in [0.4, 0.5) is 0 Å². The van der Waals surface area contributed by atoms with Gasteiger partial charge in [0.1, 0.15) is 12.2 Å². The van der Waals surface area contributed by atoms with Gasteiger partial charge in [-0.3, -0.25) is 19.4 Å². The molecule has 0 unspecified atom stereocenters. The summed E-state index contributed by atoms with van der Waals surface area (Å²) < 4.78 is 1.75. The highest BCUT2D eigenvalue weighted by atomic mass is 127. The van der Waals surface area contributed by atoms with Crippen LogP contribution in [0.15, 0.2) is 11.3 Å². The SMILES string of the molecule is CN=C(NCc1ncnn1C)N1CCN(CC(=O)N2CCCCC2)CC1.I. The van der Waals surface area contributed by atoms with Gasteiger partial charge in [0, 0.05) is 53.4 Å². The molecule has 0 saturated carbocycles. The zero-order valence-corrected chi connectivity index (χ0v) is 18.6. The highest BCUT2D eigenvalue weighted by molar-refractivity contribution is 14.0. The van der Waals surface area contributed by atoms with Gasteiger partial charge in [-0.25, -0.2) is 4.98 Å². The lowest BCUT2D eigenvalue weighted by Gasteiger charge is -2.37. The smallest absolute Gasteiger partial charge is 0.236 e. The summed E-state index contributed by atoms with van der Waals surface area (Å²) in [5.41, 5.74) is 0. The number of carbonyl (C=O) groups excluding carboxylic acids is 1. The molecule has 2 aliphatic rings. The largest absolute Gasteiger partial charge is 0.349 e. The van der Waals surface area contributed by atoms with Crippen molar-refractivity contribution >= 4 is 35.8 Å². The van der Waals surface area contributed by atoms with E-state index in [0.29, 0.717) is 13.1 Å². The van der Waals surface area contributed by atoms with Gasteiger partial charge in [0.25, 0.3) is 0 Å². The molecule has 3 heterocycles. The fourth-order valence-corrected chi connectivity index (χ4v) is 3.52. The van der Waals surface area contributed by atoms with Gasteiger partial charge in [0.05, 0.1) is 13.1 Å². The number of hydrogen-bond donors (Lipinski definition) is 1. The summed E-state index contributed by atoms with van der Waals surface area (Å²) in [6.45, 7) is 6.48. The number of hydrogen-bond acceptors (Lipinski definition) is 5. The molecule has 2 aliphatic heterocycles. The van der Waals surface area contributed by atoms with Gasteiger partial charge in [-0.2, -0.15) is 5.10 Å². The topological polar surface area (TPSA) is 81.9 Å². The monoisotopic (exact) mass is 490 g/mol. The Balaban J connectivity index is 0.00000261. The van der Waals surface area contributed by atoms with Crippen molar-refractivity contribution in [1.82, 2.24) is 34.8 Å². The van der Waals surface area contributed by atoms with E-state index in [4.69, 9.17) is 0 Å². The number of guanidine groups is 1. The molecule has 152 valence electrons. The fourth-order valence-electron chi connectivity index (χ4n) is 3.52. The quantitative estimate of drug-likeness (QED) is 0.368. The molecule has 1 aromatic rings. The first-order valence-corrected chi connectivity index (χ1v) is 9.46. The normalized spacial score (nSPS) is 19.0. The van der Waals surface area contributed by atoms with Crippen molar-refractivity contribution in [3.8, 4) is 0 Å². The molecule has 3 rings (SSSR count). The van der Waals surface area contributed by atoms with Gasteiger partial charge >= 0.3 is 0 Å². The Bertz CT molecular complexity index is 620. The summed E-state index contributed by atoms with van der Waals surface area (Å²) in [6.07, 6.45) is 5.10. The van der Waals surface area contributed by atoms with Crippen molar-refractivity contribution in [3.05, 3.63) is 12.2 Å². The number of piperazine rings is 1. The molecule has 2 saturated heterocycles. The van der Waals surface area contributed by atoms with E-state index in [1.165, 1.54) is 6.42 Å². The average molecular weight is 490 g/mol. The van der Waals surface area contributed by atoms with E-state index in [1.807, 2.05) is 11.9 Å². The lowest BCUT2D eigenvalue weighted by molar-refractivity contribution is -0.133. The number of aliphatic imine (C=N–C) groups is 1. The third kappa shape index (κ3) is 6.03. The Kier molecular flexibility index (Phi) is 8.74. The van der Waals surface area contributed by atoms with Gasteiger partial charge in [0.15, 0.2) is 5.96 Å². The molecule has 0 bridgehead atoms. The van der Waals surface area contributed by atoms with Gasteiger partial charge in [-0.1, -0.05) is 0 Å². The van der Waals surface area contributed by atoms with Crippen molar-refractivity contribution < 1.29 is 4.79 Å². The molecule has 1 aromatic heterocycles. The Morgan fingerprint density at radius 2 is 1.81 bits per heavy atom. The fraction of sp³-hybridized carbons (Fsp3) is 0.765. The van der Waals surface area contributed by atoms with E-state index in [0.717, 1.165) is 63.9 Å². The minimum absolute atomic E-state index is 0. The highest BCUT2D eigenvalue weighted by Crippen LogP contribution is 2.10. The van der Waals surface area contributed by atoms with E-state index >= 15 is 0 Å². The van der Waals surface area contributed by atoms with Crippen molar-refractivity contribution in [2.75, 3.05) is 52.9 Å². The summed E-state index contributed by atoms with van der Waals surface area (Å²) in [5.74, 6) is 2.02. The predicted octanol–water partition coefficient (Wildman–Crippen LogP) is 0.139. The Labute approximate surface area is 178 Å². The Morgan fingerprint density at radius 3 is 2.41 bits per heavy atom. The molecule has 2 fully saturated rings. The number of nitrogens with one attached hydrogen (secondary N) is 1. The molecular formula is C17H31IN8O. The van der Waals surface area contributed by atoms with E-state index in [9.17, 15) is 4.79 Å². The molecule has 10 heteroatoms. The molecule has 9 nitrogen and oxygen atoms in total. The molecule has 0 spiro atoms. The van der Waals surface area contributed by atoms with Crippen LogP contribution in [0.5, 0.6) is 0 Å². The van der Waals surface area contributed by atoms with Crippen LogP contribution >= 0.6 is 24.0 Å². The number of aryl methyl sites for hydroxylation is 1. The standard InChI is InChI=1S/C17H30N8O.HI/c1-18-17(19-12-15-20-14-21-22(15)2)25-10-8-23(9-11-25)13-16(26)24-6-4-3-5-7-24;/h14H,3-13H2,1-2H3,(H,18,19);1H. The minimum atomic E-state index is 0. The Hall–Kier alpha value is -1.43.